The maximum absolute atomic E-state index is 3.74. The summed E-state index contributed by atoms with van der Waals surface area (Å²) in [6.07, 6.45) is 4.30. The lowest BCUT2D eigenvalue weighted by molar-refractivity contribution is 1.15. The van der Waals surface area contributed by atoms with Gasteiger partial charge in [0.05, 0.1) is 0 Å². The van der Waals surface area contributed by atoms with E-state index < -0.39 is 0 Å². The van der Waals surface area contributed by atoms with Crippen LogP contribution in [0.2, 0.25) is 0 Å². The molecule has 1 radical (unpaired) electrons. The number of aromatic amines is 1. The van der Waals surface area contributed by atoms with Gasteiger partial charge in [0.15, 0.2) is 0 Å². The molecule has 1 rings (SSSR count). The third-order valence-electron chi connectivity index (χ3n) is 0.578. The number of nitrogens with zero attached hydrogens (tertiary/aromatic N) is 1. The molecule has 31 valence electrons. The summed E-state index contributed by atoms with van der Waals surface area (Å²) in [6, 6.07) is 0. The average molecular weight is 81.1 g/mol. The molecule has 0 spiro atoms. The van der Waals surface area contributed by atoms with E-state index >= 15 is 0 Å². The lowest BCUT2D eigenvalue weighted by Gasteiger charge is -1.68. The molecule has 0 unspecified atom stereocenters. The Morgan fingerprint density at radius 1 is 2.00 bits per heavy atom. The molecule has 0 aliphatic heterocycles. The highest BCUT2D eigenvalue weighted by molar-refractivity contribution is 4.79. The lowest BCUT2D eigenvalue weighted by Crippen LogP contribution is -1.66. The van der Waals surface area contributed by atoms with Gasteiger partial charge < -0.3 is 4.98 Å². The Labute approximate surface area is 36.2 Å². The van der Waals surface area contributed by atoms with Crippen LogP contribution in [0.25, 0.3) is 0 Å². The summed E-state index contributed by atoms with van der Waals surface area (Å²) in [5.41, 5.74) is 0. The normalized spacial score (nSPS) is 8.83. The molecule has 0 atom stereocenters. The minimum Gasteiger partial charge on any atom is -0.348 e. The number of H-pyrrole nitrogens is 1. The molecule has 0 aliphatic carbocycles. The van der Waals surface area contributed by atoms with Gasteiger partial charge in [0.2, 0.25) is 0 Å². The van der Waals surface area contributed by atoms with Crippen LogP contribution < -0.4 is 0 Å². The SMILES string of the molecule is Cc1n[c]c[nH]1. The van der Waals surface area contributed by atoms with Crippen molar-refractivity contribution in [1.29, 1.82) is 0 Å². The zero-order valence-corrected chi connectivity index (χ0v) is 3.52. The minimum atomic E-state index is 0.912. The highest BCUT2D eigenvalue weighted by Gasteiger charge is 1.74. The third kappa shape index (κ3) is 0.407. The highest BCUT2D eigenvalue weighted by atomic mass is 14.9. The largest absolute Gasteiger partial charge is 0.348 e. The van der Waals surface area contributed by atoms with Gasteiger partial charge in [-0.15, -0.1) is 0 Å². The average Bonchev–Trinajstić information content (AvgIpc) is 1.86. The molecule has 0 aromatic carbocycles. The first-order valence-corrected chi connectivity index (χ1v) is 1.77. The second-order valence-electron chi connectivity index (χ2n) is 1.11. The topological polar surface area (TPSA) is 28.7 Å². The van der Waals surface area contributed by atoms with E-state index in [0.717, 1.165) is 5.82 Å². The van der Waals surface area contributed by atoms with E-state index in [-0.39, 0.29) is 0 Å². The summed E-state index contributed by atoms with van der Waals surface area (Å²) in [7, 11) is 0. The molecular formula is C4H5N2. The first-order valence-electron chi connectivity index (χ1n) is 1.77. The van der Waals surface area contributed by atoms with E-state index in [4.69, 9.17) is 0 Å². The number of hydrogen-bond acceptors (Lipinski definition) is 1. The molecule has 0 aliphatic rings. The summed E-state index contributed by atoms with van der Waals surface area (Å²) in [6.45, 7) is 1.89. The number of aryl methyl sites for hydroxylation is 1. The predicted octanol–water partition coefficient (Wildman–Crippen LogP) is 0.518. The summed E-state index contributed by atoms with van der Waals surface area (Å²) in [5.74, 6) is 0.912. The first-order chi connectivity index (χ1) is 2.89. The summed E-state index contributed by atoms with van der Waals surface area (Å²) in [4.78, 5) is 6.57. The van der Waals surface area contributed by atoms with Crippen molar-refractivity contribution in [1.82, 2.24) is 9.97 Å². The Balaban J connectivity index is 3.05. The molecule has 0 saturated heterocycles. The Kier molecular flexibility index (Phi) is 0.638. The van der Waals surface area contributed by atoms with Crippen LogP contribution in [0.3, 0.4) is 0 Å². The summed E-state index contributed by atoms with van der Waals surface area (Å²) >= 11 is 0. The second-order valence-corrected chi connectivity index (χ2v) is 1.11. The molecule has 1 aromatic rings. The molecule has 0 saturated carbocycles. The molecule has 2 nitrogen and oxygen atoms in total. The van der Waals surface area contributed by atoms with Gasteiger partial charge in [0.25, 0.3) is 0 Å². The second kappa shape index (κ2) is 1.12. The highest BCUT2D eigenvalue weighted by Crippen LogP contribution is 1.77. The standard InChI is InChI=1S/C4H5N2/c1-4-5-2-3-6-4/h2H,1H3,(H,5,6). The van der Waals surface area contributed by atoms with Crippen LogP contribution in [0.15, 0.2) is 6.20 Å². The van der Waals surface area contributed by atoms with Crippen LogP contribution in [0.5, 0.6) is 0 Å². The van der Waals surface area contributed by atoms with Crippen LogP contribution in [0, 0.1) is 13.1 Å². The molecule has 2 heteroatoms. The number of nitrogens with one attached hydrogen (secondary N) is 1. The van der Waals surface area contributed by atoms with Crippen molar-refractivity contribution in [2.45, 2.75) is 6.92 Å². The fraction of sp³-hybridized carbons (Fsp3) is 0.250. The fourth-order valence-electron chi connectivity index (χ4n) is 0.298. The zero-order chi connectivity index (χ0) is 4.41. The van der Waals surface area contributed by atoms with Crippen LogP contribution in [0.4, 0.5) is 0 Å². The predicted molar refractivity (Wildman–Crippen MR) is 22.2 cm³/mol. The molecule has 6 heavy (non-hydrogen) atoms. The number of rotatable bonds is 0. The van der Waals surface area contributed by atoms with Crippen molar-refractivity contribution >= 4 is 0 Å². The van der Waals surface area contributed by atoms with Gasteiger partial charge in [-0.3, -0.25) is 0 Å². The van der Waals surface area contributed by atoms with Crippen molar-refractivity contribution < 1.29 is 0 Å². The van der Waals surface area contributed by atoms with Gasteiger partial charge in [-0.05, 0) is 6.92 Å². The van der Waals surface area contributed by atoms with Crippen molar-refractivity contribution in [3.8, 4) is 0 Å². The van der Waals surface area contributed by atoms with E-state index in [9.17, 15) is 0 Å². The molecule has 0 amide bonds. The summed E-state index contributed by atoms with van der Waals surface area (Å²) in [5, 5.41) is 0. The van der Waals surface area contributed by atoms with E-state index in [0.29, 0.717) is 0 Å². The molecule has 1 heterocycles. The molecule has 1 aromatic heterocycles. The van der Waals surface area contributed by atoms with Gasteiger partial charge in [-0.2, -0.15) is 0 Å². The van der Waals surface area contributed by atoms with Gasteiger partial charge >= 0.3 is 0 Å². The minimum absolute atomic E-state index is 0.912. The van der Waals surface area contributed by atoms with Crippen molar-refractivity contribution in [3.63, 3.8) is 0 Å². The molecule has 1 N–H and O–H groups in total. The number of imidazole rings is 1. The van der Waals surface area contributed by atoms with Crippen molar-refractivity contribution in [3.05, 3.63) is 18.2 Å². The van der Waals surface area contributed by atoms with Crippen LogP contribution in [0.1, 0.15) is 5.82 Å². The molecule has 0 fully saturated rings. The Hall–Kier alpha value is -0.790. The third-order valence-corrected chi connectivity index (χ3v) is 0.578. The maximum atomic E-state index is 3.74. The van der Waals surface area contributed by atoms with Crippen LogP contribution >= 0.6 is 0 Å². The van der Waals surface area contributed by atoms with Crippen LogP contribution in [-0.4, -0.2) is 9.97 Å². The van der Waals surface area contributed by atoms with E-state index in [2.05, 4.69) is 16.2 Å². The number of aromatic nitrogens is 2. The maximum Gasteiger partial charge on any atom is 0.108 e. The van der Waals surface area contributed by atoms with Gasteiger partial charge in [-0.25, -0.2) is 4.98 Å². The monoisotopic (exact) mass is 81.0 g/mol. The van der Waals surface area contributed by atoms with Crippen molar-refractivity contribution in [2.75, 3.05) is 0 Å². The van der Waals surface area contributed by atoms with Crippen molar-refractivity contribution in [2.24, 2.45) is 0 Å². The first kappa shape index (κ1) is 3.40. The number of hydrogen-bond donors (Lipinski definition) is 1. The molecule has 0 bridgehead atoms. The Morgan fingerprint density at radius 2 is 2.83 bits per heavy atom. The van der Waals surface area contributed by atoms with Crippen LogP contribution in [-0.2, 0) is 0 Å². The lowest BCUT2D eigenvalue weighted by atomic mass is 10.8. The fourth-order valence-corrected chi connectivity index (χ4v) is 0.298. The van der Waals surface area contributed by atoms with Gasteiger partial charge in [-0.1, -0.05) is 0 Å². The Bertz CT molecular complexity index is 109. The van der Waals surface area contributed by atoms with E-state index in [1.54, 1.807) is 6.20 Å². The van der Waals surface area contributed by atoms with E-state index in [1.165, 1.54) is 0 Å². The zero-order valence-electron chi connectivity index (χ0n) is 3.52. The van der Waals surface area contributed by atoms with E-state index in [1.807, 2.05) is 6.92 Å². The summed E-state index contributed by atoms with van der Waals surface area (Å²) < 4.78 is 0. The quantitative estimate of drug-likeness (QED) is 0.484. The molecular weight excluding hydrogens is 76.1 g/mol. The van der Waals surface area contributed by atoms with Gasteiger partial charge in [0, 0.05) is 6.20 Å². The Morgan fingerprint density at radius 3 is 3.00 bits per heavy atom. The smallest absolute Gasteiger partial charge is 0.108 e. The van der Waals surface area contributed by atoms with Gasteiger partial charge in [0.1, 0.15) is 12.0 Å².